The predicted molar refractivity (Wildman–Crippen MR) is 122 cm³/mol. The lowest BCUT2D eigenvalue weighted by molar-refractivity contribution is -0.146. The first-order chi connectivity index (χ1) is 16.2. The Morgan fingerprint density at radius 2 is 1.44 bits per heavy atom. The van der Waals surface area contributed by atoms with Gasteiger partial charge < -0.3 is 20.1 Å². The van der Waals surface area contributed by atoms with Crippen molar-refractivity contribution < 1.29 is 39.2 Å². The molecule has 1 aliphatic rings. The standard InChI is InChI=1S/C21H29N3O8.C2H6/c1-2-32-21(31)14-6-5-9-22-15(14)10-23(11-18(25)26)16-7-3-4-8-17(16)24(12-19(27)28)13-20(29)30;1-2/h5-6,9,16-17H,2-4,7-8,10-13H2,1H3,(H,25,26)(H,27,28)(H,29,30);1-2H3/t16?,17-;/m0./s1. The number of hydrogen-bond acceptors (Lipinski definition) is 8. The molecule has 3 N–H and O–H groups in total. The van der Waals surface area contributed by atoms with Gasteiger partial charge in [-0.15, -0.1) is 0 Å². The van der Waals surface area contributed by atoms with Gasteiger partial charge in [-0.05, 0) is 31.9 Å². The molecule has 1 aromatic rings. The van der Waals surface area contributed by atoms with E-state index in [0.29, 0.717) is 18.5 Å². The van der Waals surface area contributed by atoms with Crippen LogP contribution < -0.4 is 0 Å². The van der Waals surface area contributed by atoms with Gasteiger partial charge in [0.1, 0.15) is 0 Å². The van der Waals surface area contributed by atoms with Gasteiger partial charge in [0.15, 0.2) is 0 Å². The molecule has 0 aliphatic heterocycles. The highest BCUT2D eigenvalue weighted by Gasteiger charge is 2.37. The SMILES string of the molecule is CC.CCOC(=O)c1cccnc1CN(CC(=O)O)C1CCCC[C@@H]1N(CC(=O)O)CC(=O)O. The van der Waals surface area contributed by atoms with Gasteiger partial charge in [-0.3, -0.25) is 29.2 Å². The van der Waals surface area contributed by atoms with Gasteiger partial charge >= 0.3 is 23.9 Å². The zero-order valence-corrected chi connectivity index (χ0v) is 20.0. The second-order valence-electron chi connectivity index (χ2n) is 7.63. The third kappa shape index (κ3) is 9.06. The van der Waals surface area contributed by atoms with Gasteiger partial charge in [0.25, 0.3) is 0 Å². The van der Waals surface area contributed by atoms with Crippen molar-refractivity contribution in [2.75, 3.05) is 26.2 Å². The van der Waals surface area contributed by atoms with Crippen LogP contribution in [0, 0.1) is 0 Å². The summed E-state index contributed by atoms with van der Waals surface area (Å²) in [6.07, 6.45) is 4.16. The summed E-state index contributed by atoms with van der Waals surface area (Å²) in [7, 11) is 0. The van der Waals surface area contributed by atoms with Crippen LogP contribution in [0.1, 0.15) is 62.5 Å². The first-order valence-electron chi connectivity index (χ1n) is 11.5. The third-order valence-corrected chi connectivity index (χ3v) is 5.39. The third-order valence-electron chi connectivity index (χ3n) is 5.39. The second-order valence-corrected chi connectivity index (χ2v) is 7.63. The topological polar surface area (TPSA) is 158 Å². The van der Waals surface area contributed by atoms with E-state index in [1.165, 1.54) is 11.1 Å². The van der Waals surface area contributed by atoms with Crippen LogP contribution in [0.5, 0.6) is 0 Å². The average Bonchev–Trinajstić information content (AvgIpc) is 2.79. The summed E-state index contributed by atoms with van der Waals surface area (Å²) < 4.78 is 5.07. The Labute approximate surface area is 199 Å². The average molecular weight is 482 g/mol. The van der Waals surface area contributed by atoms with Crippen LogP contribution in [0.2, 0.25) is 0 Å². The Hall–Kier alpha value is -3.05. The number of aliphatic carboxylic acids is 3. The molecule has 1 unspecified atom stereocenters. The summed E-state index contributed by atoms with van der Waals surface area (Å²) in [5.74, 6) is -3.97. The quantitative estimate of drug-likeness (QED) is 0.375. The fourth-order valence-corrected chi connectivity index (χ4v) is 4.20. The van der Waals surface area contributed by atoms with Crippen molar-refractivity contribution in [3.8, 4) is 0 Å². The molecule has 1 aromatic heterocycles. The van der Waals surface area contributed by atoms with E-state index in [1.54, 1.807) is 24.0 Å². The number of carboxylic acid groups (broad SMARTS) is 3. The zero-order chi connectivity index (χ0) is 25.7. The first kappa shape index (κ1) is 29.0. The van der Waals surface area contributed by atoms with Crippen LogP contribution in [0.3, 0.4) is 0 Å². The minimum atomic E-state index is -1.16. The molecule has 0 radical (unpaired) electrons. The smallest absolute Gasteiger partial charge is 0.340 e. The maximum Gasteiger partial charge on any atom is 0.340 e. The highest BCUT2D eigenvalue weighted by molar-refractivity contribution is 5.90. The molecule has 1 fully saturated rings. The van der Waals surface area contributed by atoms with Crippen LogP contribution >= 0.6 is 0 Å². The number of hydrogen-bond donors (Lipinski definition) is 3. The molecule has 0 amide bonds. The largest absolute Gasteiger partial charge is 0.480 e. The summed E-state index contributed by atoms with van der Waals surface area (Å²) in [5, 5.41) is 28.1. The first-order valence-corrected chi connectivity index (χ1v) is 11.5. The Morgan fingerprint density at radius 3 is 1.94 bits per heavy atom. The van der Waals surface area contributed by atoms with Crippen molar-refractivity contribution in [3.63, 3.8) is 0 Å². The molecular formula is C23H35N3O8. The van der Waals surface area contributed by atoms with Crippen LogP contribution in [0.15, 0.2) is 18.3 Å². The molecule has 0 spiro atoms. The Morgan fingerprint density at radius 1 is 0.941 bits per heavy atom. The molecular weight excluding hydrogens is 446 g/mol. The lowest BCUT2D eigenvalue weighted by Crippen LogP contribution is -2.56. The molecule has 1 aliphatic carbocycles. The van der Waals surface area contributed by atoms with Crippen LogP contribution in [-0.4, -0.2) is 92.3 Å². The van der Waals surface area contributed by atoms with Crippen molar-refractivity contribution in [1.29, 1.82) is 0 Å². The van der Waals surface area contributed by atoms with Gasteiger partial charge in [0.2, 0.25) is 0 Å². The van der Waals surface area contributed by atoms with Crippen molar-refractivity contribution in [1.82, 2.24) is 14.8 Å². The number of rotatable bonds is 12. The zero-order valence-electron chi connectivity index (χ0n) is 20.0. The normalized spacial score (nSPS) is 17.6. The van der Waals surface area contributed by atoms with Crippen LogP contribution in [-0.2, 0) is 25.7 Å². The molecule has 2 rings (SSSR count). The van der Waals surface area contributed by atoms with E-state index in [1.807, 2.05) is 13.8 Å². The summed E-state index contributed by atoms with van der Waals surface area (Å²) in [5.41, 5.74) is 0.574. The second kappa shape index (κ2) is 15.0. The molecule has 11 nitrogen and oxygen atoms in total. The van der Waals surface area contributed by atoms with E-state index in [9.17, 15) is 34.5 Å². The molecule has 1 saturated carbocycles. The fraction of sp³-hybridized carbons (Fsp3) is 0.609. The summed E-state index contributed by atoms with van der Waals surface area (Å²) in [6, 6.07) is 2.25. The lowest BCUT2D eigenvalue weighted by atomic mass is 9.87. The van der Waals surface area contributed by atoms with Gasteiger partial charge in [-0.2, -0.15) is 0 Å². The van der Waals surface area contributed by atoms with Gasteiger partial charge in [-0.1, -0.05) is 26.7 Å². The van der Waals surface area contributed by atoms with Crippen molar-refractivity contribution >= 4 is 23.9 Å². The maximum atomic E-state index is 12.3. The van der Waals surface area contributed by atoms with E-state index < -0.39 is 49.1 Å². The maximum absolute atomic E-state index is 12.3. The Balaban J connectivity index is 0.00000281. The minimum Gasteiger partial charge on any atom is -0.480 e. The van der Waals surface area contributed by atoms with Crippen LogP contribution in [0.25, 0.3) is 0 Å². The minimum absolute atomic E-state index is 0.0242. The molecule has 0 bridgehead atoms. The van der Waals surface area contributed by atoms with E-state index >= 15 is 0 Å². The summed E-state index contributed by atoms with van der Waals surface area (Å²) >= 11 is 0. The van der Waals surface area contributed by atoms with E-state index in [-0.39, 0.29) is 25.3 Å². The van der Waals surface area contributed by atoms with Crippen molar-refractivity contribution in [2.45, 2.75) is 65.1 Å². The molecule has 2 atom stereocenters. The number of carbonyl (C=O) groups excluding carboxylic acids is 1. The van der Waals surface area contributed by atoms with Gasteiger partial charge in [-0.25, -0.2) is 4.79 Å². The summed E-state index contributed by atoms with van der Waals surface area (Å²) in [4.78, 5) is 53.9. The number of ether oxygens (including phenoxy) is 1. The number of carboxylic acids is 3. The van der Waals surface area contributed by atoms with Gasteiger partial charge in [0.05, 0.1) is 37.5 Å². The van der Waals surface area contributed by atoms with E-state index in [0.717, 1.165) is 12.8 Å². The Kier molecular flexibility index (Phi) is 12.8. The molecule has 0 saturated heterocycles. The molecule has 0 aromatic carbocycles. The lowest BCUT2D eigenvalue weighted by Gasteiger charge is -2.43. The number of aromatic nitrogens is 1. The number of carbonyl (C=O) groups is 4. The highest BCUT2D eigenvalue weighted by Crippen LogP contribution is 2.29. The van der Waals surface area contributed by atoms with Crippen molar-refractivity contribution in [3.05, 3.63) is 29.6 Å². The molecule has 190 valence electrons. The van der Waals surface area contributed by atoms with Crippen LogP contribution in [0.4, 0.5) is 0 Å². The molecule has 1 heterocycles. The van der Waals surface area contributed by atoms with E-state index in [4.69, 9.17) is 4.74 Å². The monoisotopic (exact) mass is 481 g/mol. The molecule has 11 heteroatoms. The number of nitrogens with zero attached hydrogens (tertiary/aromatic N) is 3. The Bertz CT molecular complexity index is 816. The van der Waals surface area contributed by atoms with E-state index in [2.05, 4.69) is 4.98 Å². The fourth-order valence-electron chi connectivity index (χ4n) is 4.20. The summed E-state index contributed by atoms with van der Waals surface area (Å²) in [6.45, 7) is 4.58. The van der Waals surface area contributed by atoms with Gasteiger partial charge in [0, 0.05) is 24.8 Å². The highest BCUT2D eigenvalue weighted by atomic mass is 16.5. The van der Waals surface area contributed by atoms with Crippen molar-refractivity contribution in [2.24, 2.45) is 0 Å². The molecule has 34 heavy (non-hydrogen) atoms. The predicted octanol–water partition coefficient (Wildman–Crippen LogP) is 1.95. The number of pyridine rings is 1. The number of esters is 1.